The summed E-state index contributed by atoms with van der Waals surface area (Å²) < 4.78 is 10.6. The second kappa shape index (κ2) is 12.8. The van der Waals surface area contributed by atoms with E-state index in [2.05, 4.69) is 18.3 Å². The van der Waals surface area contributed by atoms with Crippen molar-refractivity contribution in [3.05, 3.63) is 76.0 Å². The molecule has 1 aromatic heterocycles. The second-order valence-electron chi connectivity index (χ2n) is 8.22. The monoisotopic (exact) mass is 495 g/mol. The highest BCUT2D eigenvalue weighted by molar-refractivity contribution is 7.10. The Balaban J connectivity index is 1.77. The summed E-state index contributed by atoms with van der Waals surface area (Å²) in [4.78, 5) is 31.2. The van der Waals surface area contributed by atoms with Crippen LogP contribution < -0.4 is 14.8 Å². The Bertz CT molecular complexity index is 1090. The average Bonchev–Trinajstić information content (AvgIpc) is 3.27. The van der Waals surface area contributed by atoms with Gasteiger partial charge in [-0.15, -0.1) is 11.3 Å². The first-order chi connectivity index (χ1) is 16.9. The van der Waals surface area contributed by atoms with Gasteiger partial charge < -0.3 is 24.6 Å². The molecule has 1 heterocycles. The molecule has 0 aliphatic heterocycles. The van der Waals surface area contributed by atoms with Crippen molar-refractivity contribution in [1.29, 1.82) is 0 Å². The van der Waals surface area contributed by atoms with Crippen LogP contribution in [-0.2, 0) is 17.9 Å². The molecule has 186 valence electrons. The lowest BCUT2D eigenvalue weighted by Crippen LogP contribution is -2.44. The summed E-state index contributed by atoms with van der Waals surface area (Å²) in [5.74, 6) is 1.03. The van der Waals surface area contributed by atoms with Crippen LogP contribution in [0.25, 0.3) is 0 Å². The molecule has 3 rings (SSSR count). The molecule has 1 N–H and O–H groups in total. The Morgan fingerprint density at radius 3 is 2.20 bits per heavy atom. The third kappa shape index (κ3) is 7.48. The quantitative estimate of drug-likeness (QED) is 0.379. The number of carbonyl (C=O) groups is 2. The fraction of sp³-hybridized carbons (Fsp3) is 0.333. The Morgan fingerprint density at radius 2 is 1.63 bits per heavy atom. The number of nitrogens with one attached hydrogen (secondary N) is 1. The zero-order valence-electron chi connectivity index (χ0n) is 20.7. The summed E-state index contributed by atoms with van der Waals surface area (Å²) in [6.45, 7) is 5.46. The van der Waals surface area contributed by atoms with Crippen molar-refractivity contribution in [3.63, 3.8) is 0 Å². The van der Waals surface area contributed by atoms with E-state index < -0.39 is 0 Å². The highest BCUT2D eigenvalue weighted by Gasteiger charge is 2.22. The van der Waals surface area contributed by atoms with E-state index in [4.69, 9.17) is 9.47 Å². The van der Waals surface area contributed by atoms with E-state index >= 15 is 0 Å². The number of rotatable bonds is 11. The first-order valence-electron chi connectivity index (χ1n) is 11.6. The average molecular weight is 496 g/mol. The number of benzene rings is 2. The van der Waals surface area contributed by atoms with Crippen molar-refractivity contribution in [3.8, 4) is 11.5 Å². The molecule has 0 spiro atoms. The van der Waals surface area contributed by atoms with E-state index in [0.29, 0.717) is 36.8 Å². The normalized spacial score (nSPS) is 10.5. The van der Waals surface area contributed by atoms with Gasteiger partial charge in [0.2, 0.25) is 5.91 Å². The lowest BCUT2D eigenvalue weighted by molar-refractivity contribution is -0.133. The van der Waals surface area contributed by atoms with Crippen LogP contribution in [0, 0.1) is 6.92 Å². The maximum absolute atomic E-state index is 13.5. The van der Waals surface area contributed by atoms with Crippen LogP contribution in [-0.4, -0.2) is 49.0 Å². The van der Waals surface area contributed by atoms with Gasteiger partial charge in [0.1, 0.15) is 18.0 Å². The van der Waals surface area contributed by atoms with Crippen LogP contribution >= 0.6 is 11.3 Å². The first kappa shape index (κ1) is 26.1. The molecule has 3 amide bonds. The number of ether oxygens (including phenoxy) is 2. The molecule has 0 saturated heterocycles. The zero-order chi connectivity index (χ0) is 25.2. The maximum atomic E-state index is 13.5. The predicted molar refractivity (Wildman–Crippen MR) is 140 cm³/mol. The first-order valence-corrected chi connectivity index (χ1v) is 12.4. The molecule has 0 aliphatic carbocycles. The Kier molecular flexibility index (Phi) is 9.55. The van der Waals surface area contributed by atoms with E-state index in [0.717, 1.165) is 22.4 Å². The number of amides is 3. The summed E-state index contributed by atoms with van der Waals surface area (Å²) >= 11 is 1.64. The number of nitrogens with zero attached hydrogens (tertiary/aromatic N) is 2. The molecule has 7 nitrogen and oxygen atoms in total. The molecule has 0 atom stereocenters. The highest BCUT2D eigenvalue weighted by atomic mass is 32.1. The minimum Gasteiger partial charge on any atom is -0.497 e. The van der Waals surface area contributed by atoms with Crippen LogP contribution in [0.5, 0.6) is 11.5 Å². The van der Waals surface area contributed by atoms with Crippen molar-refractivity contribution in [2.75, 3.05) is 32.6 Å². The van der Waals surface area contributed by atoms with Gasteiger partial charge in [0.25, 0.3) is 0 Å². The molecule has 0 fully saturated rings. The summed E-state index contributed by atoms with van der Waals surface area (Å²) in [5, 5.41) is 4.92. The molecule has 3 aromatic rings. The minimum absolute atomic E-state index is 0.0158. The summed E-state index contributed by atoms with van der Waals surface area (Å²) in [6.07, 6.45) is 0.727. The topological polar surface area (TPSA) is 71.1 Å². The number of aryl methyl sites for hydroxylation is 1. The Morgan fingerprint density at radius 1 is 0.943 bits per heavy atom. The maximum Gasteiger partial charge on any atom is 0.322 e. The fourth-order valence-corrected chi connectivity index (χ4v) is 4.56. The smallest absolute Gasteiger partial charge is 0.322 e. The van der Waals surface area contributed by atoms with Gasteiger partial charge in [-0.2, -0.15) is 0 Å². The third-order valence-electron chi connectivity index (χ3n) is 5.58. The van der Waals surface area contributed by atoms with Gasteiger partial charge >= 0.3 is 6.03 Å². The Hall–Kier alpha value is -3.52. The van der Waals surface area contributed by atoms with Gasteiger partial charge in [-0.1, -0.05) is 37.3 Å². The molecule has 8 heteroatoms. The summed E-state index contributed by atoms with van der Waals surface area (Å²) in [7, 11) is 3.11. The predicted octanol–water partition coefficient (Wildman–Crippen LogP) is 5.55. The molecule has 0 bridgehead atoms. The Labute approximate surface area is 211 Å². The van der Waals surface area contributed by atoms with Crippen molar-refractivity contribution in [1.82, 2.24) is 9.80 Å². The van der Waals surface area contributed by atoms with Crippen molar-refractivity contribution >= 4 is 29.0 Å². The number of anilines is 1. The number of hydrogen-bond acceptors (Lipinski definition) is 5. The number of urea groups is 1. The van der Waals surface area contributed by atoms with Crippen LogP contribution in [0.4, 0.5) is 10.5 Å². The second-order valence-corrected chi connectivity index (χ2v) is 9.22. The van der Waals surface area contributed by atoms with E-state index in [-0.39, 0.29) is 18.5 Å². The molecule has 0 aliphatic rings. The molecule has 0 saturated carbocycles. The lowest BCUT2D eigenvalue weighted by atomic mass is 10.2. The largest absolute Gasteiger partial charge is 0.497 e. The van der Waals surface area contributed by atoms with Crippen molar-refractivity contribution in [2.24, 2.45) is 0 Å². The van der Waals surface area contributed by atoms with Crippen LogP contribution in [0.15, 0.2) is 60.0 Å². The van der Waals surface area contributed by atoms with E-state index in [1.54, 1.807) is 48.7 Å². The van der Waals surface area contributed by atoms with Gasteiger partial charge in [-0.05, 0) is 35.9 Å². The fourth-order valence-electron chi connectivity index (χ4n) is 3.64. The van der Waals surface area contributed by atoms with Gasteiger partial charge in [0, 0.05) is 41.9 Å². The van der Waals surface area contributed by atoms with Crippen LogP contribution in [0.2, 0.25) is 0 Å². The number of carbonyl (C=O) groups excluding carboxylic acids is 2. The molecular weight excluding hydrogens is 462 g/mol. The van der Waals surface area contributed by atoms with Gasteiger partial charge in [-0.25, -0.2) is 4.79 Å². The standard InChI is InChI=1S/C27H33N3O4S/c1-5-12-29(27(32)28-22-14-23(33-3)16-24(15-22)34-4)19-26(31)30(17-21-9-7-6-8-10-21)18-25-20(2)11-13-35-25/h6-11,13-16H,5,12,17-19H2,1-4H3,(H,28,32). The van der Waals surface area contributed by atoms with Gasteiger partial charge in [0.05, 0.1) is 20.8 Å². The molecule has 35 heavy (non-hydrogen) atoms. The van der Waals surface area contributed by atoms with E-state index in [1.807, 2.05) is 47.5 Å². The minimum atomic E-state index is -0.345. The van der Waals surface area contributed by atoms with Crippen molar-refractivity contribution < 1.29 is 19.1 Å². The number of hydrogen-bond donors (Lipinski definition) is 1. The third-order valence-corrected chi connectivity index (χ3v) is 6.59. The molecule has 2 aromatic carbocycles. The van der Waals surface area contributed by atoms with Crippen LogP contribution in [0.1, 0.15) is 29.3 Å². The van der Waals surface area contributed by atoms with E-state index in [9.17, 15) is 9.59 Å². The van der Waals surface area contributed by atoms with Crippen molar-refractivity contribution in [2.45, 2.75) is 33.4 Å². The van der Waals surface area contributed by atoms with Gasteiger partial charge in [0.15, 0.2) is 0 Å². The zero-order valence-corrected chi connectivity index (χ0v) is 21.6. The molecular formula is C27H33N3O4S. The number of thiophene rings is 1. The van der Waals surface area contributed by atoms with E-state index in [1.165, 1.54) is 0 Å². The van der Waals surface area contributed by atoms with Crippen LogP contribution in [0.3, 0.4) is 0 Å². The SMILES string of the molecule is CCCN(CC(=O)N(Cc1ccccc1)Cc1sccc1C)C(=O)Nc1cc(OC)cc(OC)c1. The lowest BCUT2D eigenvalue weighted by Gasteiger charge is -2.28. The van der Waals surface area contributed by atoms with Gasteiger partial charge in [-0.3, -0.25) is 4.79 Å². The highest BCUT2D eigenvalue weighted by Crippen LogP contribution is 2.26. The number of methoxy groups -OCH3 is 2. The molecule has 0 unspecified atom stereocenters. The molecule has 0 radical (unpaired) electrons. The summed E-state index contributed by atoms with van der Waals surface area (Å²) in [5.41, 5.74) is 2.75. The summed E-state index contributed by atoms with van der Waals surface area (Å²) in [6, 6.07) is 16.8.